The second-order valence-corrected chi connectivity index (χ2v) is 5.43. The molecule has 0 unspecified atom stereocenters. The molecule has 0 saturated heterocycles. The van der Waals surface area contributed by atoms with E-state index in [4.69, 9.17) is 15.9 Å². The highest BCUT2D eigenvalue weighted by atomic mass is 79.9. The summed E-state index contributed by atoms with van der Waals surface area (Å²) < 4.78 is 6.73. The molecule has 0 aliphatic carbocycles. The minimum absolute atomic E-state index is 0.0311. The van der Waals surface area contributed by atoms with Crippen LogP contribution in [-0.2, 0) is 0 Å². The molecule has 3 aromatic rings. The number of pyridine rings is 1. The summed E-state index contributed by atoms with van der Waals surface area (Å²) in [5, 5.41) is 8.66. The van der Waals surface area contributed by atoms with E-state index in [1.807, 2.05) is 36.4 Å². The highest BCUT2D eigenvalue weighted by molar-refractivity contribution is 9.10. The number of halogens is 1. The van der Waals surface area contributed by atoms with Crippen LogP contribution in [0.1, 0.15) is 5.56 Å². The number of nitrogens with zero attached hydrogens (tertiary/aromatic N) is 1. The molecule has 104 valence electrons. The lowest BCUT2D eigenvalue weighted by atomic mass is 10.2. The number of nitrogen functional groups attached to an aromatic ring is 1. The smallest absolute Gasteiger partial charge is 0.139 e. The van der Waals surface area contributed by atoms with E-state index in [2.05, 4.69) is 20.9 Å². The van der Waals surface area contributed by atoms with E-state index in [-0.39, 0.29) is 5.84 Å². The van der Waals surface area contributed by atoms with Crippen LogP contribution in [-0.4, -0.2) is 10.8 Å². The molecule has 2 aromatic carbocycles. The van der Waals surface area contributed by atoms with Gasteiger partial charge in [-0.1, -0.05) is 22.0 Å². The van der Waals surface area contributed by atoms with Gasteiger partial charge in [-0.2, -0.15) is 0 Å². The van der Waals surface area contributed by atoms with Crippen LogP contribution in [0.15, 0.2) is 59.2 Å². The van der Waals surface area contributed by atoms with Crippen molar-refractivity contribution in [2.24, 2.45) is 5.73 Å². The second kappa shape index (κ2) is 5.54. The van der Waals surface area contributed by atoms with Crippen molar-refractivity contribution < 1.29 is 4.74 Å². The quantitative estimate of drug-likeness (QED) is 0.557. The van der Waals surface area contributed by atoms with Crippen LogP contribution >= 0.6 is 15.9 Å². The van der Waals surface area contributed by atoms with Gasteiger partial charge in [0, 0.05) is 22.1 Å². The molecule has 0 spiro atoms. The average molecular weight is 342 g/mol. The number of nitrogens with two attached hydrogens (primary N) is 1. The van der Waals surface area contributed by atoms with Gasteiger partial charge in [0.25, 0.3) is 0 Å². The monoisotopic (exact) mass is 341 g/mol. The van der Waals surface area contributed by atoms with Crippen molar-refractivity contribution in [2.75, 3.05) is 0 Å². The third kappa shape index (κ3) is 2.87. The summed E-state index contributed by atoms with van der Waals surface area (Å²) in [6.45, 7) is 0. The van der Waals surface area contributed by atoms with Gasteiger partial charge in [0.2, 0.25) is 0 Å². The van der Waals surface area contributed by atoms with Gasteiger partial charge in [-0.15, -0.1) is 0 Å². The van der Waals surface area contributed by atoms with Crippen LogP contribution in [0.25, 0.3) is 10.9 Å². The maximum absolute atomic E-state index is 7.61. The first kappa shape index (κ1) is 13.6. The molecular weight excluding hydrogens is 330 g/mol. The number of nitrogens with one attached hydrogen (secondary N) is 1. The van der Waals surface area contributed by atoms with Crippen LogP contribution in [0.2, 0.25) is 0 Å². The molecule has 0 aliphatic heterocycles. The van der Waals surface area contributed by atoms with Crippen molar-refractivity contribution in [1.82, 2.24) is 4.98 Å². The Labute approximate surface area is 130 Å². The molecule has 3 rings (SSSR count). The third-order valence-corrected chi connectivity index (χ3v) is 3.53. The molecule has 0 radical (unpaired) electrons. The summed E-state index contributed by atoms with van der Waals surface area (Å²) in [6, 6.07) is 14.9. The SMILES string of the molecule is N=C(N)c1ccc(Br)cc1Oc1ccc2cccnc2c1. The number of hydrogen-bond acceptors (Lipinski definition) is 3. The summed E-state index contributed by atoms with van der Waals surface area (Å²) in [5.41, 5.74) is 7.00. The van der Waals surface area contributed by atoms with E-state index in [0.29, 0.717) is 17.1 Å². The molecule has 0 bridgehead atoms. The van der Waals surface area contributed by atoms with Gasteiger partial charge in [0.1, 0.15) is 17.3 Å². The summed E-state index contributed by atoms with van der Waals surface area (Å²) in [5.74, 6) is 1.16. The normalized spacial score (nSPS) is 10.5. The van der Waals surface area contributed by atoms with Crippen molar-refractivity contribution in [2.45, 2.75) is 0 Å². The number of hydrogen-bond donors (Lipinski definition) is 2. The van der Waals surface area contributed by atoms with E-state index < -0.39 is 0 Å². The third-order valence-electron chi connectivity index (χ3n) is 3.04. The molecule has 0 fully saturated rings. The number of rotatable bonds is 3. The molecule has 0 amide bonds. The van der Waals surface area contributed by atoms with E-state index in [9.17, 15) is 0 Å². The van der Waals surface area contributed by atoms with Gasteiger partial charge in [0.05, 0.1) is 11.1 Å². The lowest BCUT2D eigenvalue weighted by Crippen LogP contribution is -2.12. The standard InChI is InChI=1S/C16H12BrN3O/c17-11-4-6-13(16(18)19)15(8-11)21-12-5-3-10-2-1-7-20-14(10)9-12/h1-9H,(H3,18,19). The molecule has 3 N–H and O–H groups in total. The maximum Gasteiger partial charge on any atom is 0.139 e. The van der Waals surface area contributed by atoms with Crippen molar-refractivity contribution >= 4 is 32.7 Å². The number of ether oxygens (including phenoxy) is 1. The van der Waals surface area contributed by atoms with Crippen LogP contribution in [0.5, 0.6) is 11.5 Å². The largest absolute Gasteiger partial charge is 0.456 e. The Bertz CT molecular complexity index is 833. The predicted molar refractivity (Wildman–Crippen MR) is 87.0 cm³/mol. The highest BCUT2D eigenvalue weighted by Gasteiger charge is 2.09. The number of aromatic nitrogens is 1. The fourth-order valence-electron chi connectivity index (χ4n) is 2.04. The number of amidine groups is 1. The van der Waals surface area contributed by atoms with Crippen LogP contribution in [0.4, 0.5) is 0 Å². The maximum atomic E-state index is 7.61. The van der Waals surface area contributed by atoms with Crippen molar-refractivity contribution in [3.8, 4) is 11.5 Å². The lowest BCUT2D eigenvalue weighted by molar-refractivity contribution is 0.482. The first-order valence-corrected chi connectivity index (χ1v) is 7.09. The topological polar surface area (TPSA) is 72.0 Å². The highest BCUT2D eigenvalue weighted by Crippen LogP contribution is 2.29. The van der Waals surface area contributed by atoms with Gasteiger partial charge in [0.15, 0.2) is 0 Å². The van der Waals surface area contributed by atoms with Gasteiger partial charge in [-0.05, 0) is 36.4 Å². The summed E-state index contributed by atoms with van der Waals surface area (Å²) in [6.07, 6.45) is 1.74. The molecule has 0 saturated carbocycles. The van der Waals surface area contributed by atoms with E-state index >= 15 is 0 Å². The first-order valence-electron chi connectivity index (χ1n) is 6.30. The first-order chi connectivity index (χ1) is 10.1. The summed E-state index contributed by atoms with van der Waals surface area (Å²) in [7, 11) is 0. The van der Waals surface area contributed by atoms with Gasteiger partial charge in [-0.3, -0.25) is 10.4 Å². The zero-order valence-corrected chi connectivity index (χ0v) is 12.6. The van der Waals surface area contributed by atoms with Gasteiger partial charge in [-0.25, -0.2) is 0 Å². The minimum Gasteiger partial charge on any atom is -0.456 e. The minimum atomic E-state index is -0.0311. The number of benzene rings is 2. The average Bonchev–Trinajstić information content (AvgIpc) is 2.47. The zero-order chi connectivity index (χ0) is 14.8. The van der Waals surface area contributed by atoms with Crippen molar-refractivity contribution in [3.63, 3.8) is 0 Å². The Hall–Kier alpha value is -2.40. The fourth-order valence-corrected chi connectivity index (χ4v) is 2.38. The Balaban J connectivity index is 2.02. The molecule has 0 aliphatic rings. The Morgan fingerprint density at radius 3 is 2.81 bits per heavy atom. The lowest BCUT2D eigenvalue weighted by Gasteiger charge is -2.11. The predicted octanol–water partition coefficient (Wildman–Crippen LogP) is 4.07. The number of fused-ring (bicyclic) bond motifs is 1. The van der Waals surface area contributed by atoms with Crippen LogP contribution in [0, 0.1) is 5.41 Å². The molecule has 5 heteroatoms. The molecule has 0 atom stereocenters. The van der Waals surface area contributed by atoms with Crippen molar-refractivity contribution in [1.29, 1.82) is 5.41 Å². The summed E-state index contributed by atoms with van der Waals surface area (Å²) in [4.78, 5) is 4.30. The Morgan fingerprint density at radius 2 is 2.00 bits per heavy atom. The van der Waals surface area contributed by atoms with Gasteiger partial charge < -0.3 is 10.5 Å². The van der Waals surface area contributed by atoms with E-state index in [1.165, 1.54) is 0 Å². The van der Waals surface area contributed by atoms with Crippen molar-refractivity contribution in [3.05, 3.63) is 64.8 Å². The second-order valence-electron chi connectivity index (χ2n) is 4.51. The molecule has 1 aromatic heterocycles. The van der Waals surface area contributed by atoms with E-state index in [1.54, 1.807) is 18.3 Å². The fraction of sp³-hybridized carbons (Fsp3) is 0. The molecule has 4 nitrogen and oxygen atoms in total. The van der Waals surface area contributed by atoms with Crippen LogP contribution in [0.3, 0.4) is 0 Å². The van der Waals surface area contributed by atoms with Gasteiger partial charge >= 0.3 is 0 Å². The zero-order valence-electron chi connectivity index (χ0n) is 11.0. The molecule has 1 heterocycles. The molecular formula is C16H12BrN3O. The van der Waals surface area contributed by atoms with Crippen LogP contribution < -0.4 is 10.5 Å². The Morgan fingerprint density at radius 1 is 1.14 bits per heavy atom. The molecule has 21 heavy (non-hydrogen) atoms. The van der Waals surface area contributed by atoms with E-state index in [0.717, 1.165) is 15.4 Å². The summed E-state index contributed by atoms with van der Waals surface area (Å²) >= 11 is 3.39. The Kier molecular flexibility index (Phi) is 3.58.